The Morgan fingerprint density at radius 3 is 1.81 bits per heavy atom. The molecule has 2 atom stereocenters. The number of rotatable bonds is 19. The molecular weight excluding hydrogens is 398 g/mol. The summed E-state index contributed by atoms with van der Waals surface area (Å²) >= 11 is 0. The molecule has 0 spiro atoms. The van der Waals surface area contributed by atoms with Crippen LogP contribution in [-0.2, 0) is 4.79 Å². The number of aliphatic hydroxyl groups excluding tert-OH is 2. The SMILES string of the molecule is CC/C=C\C/C=C\C/C=C\C/C=C\C/C=C\CC(=O)NC(CO)C(O)/C=C/CCCCC. The number of aliphatic hydroxyl groups is 2. The third-order valence-corrected chi connectivity index (χ3v) is 4.72. The van der Waals surface area contributed by atoms with Gasteiger partial charge in [-0.15, -0.1) is 0 Å². The molecule has 0 bridgehead atoms. The molecule has 0 radical (unpaired) electrons. The quantitative estimate of drug-likeness (QED) is 0.167. The van der Waals surface area contributed by atoms with Crippen molar-refractivity contribution in [1.82, 2.24) is 5.32 Å². The van der Waals surface area contributed by atoms with Crippen LogP contribution < -0.4 is 5.32 Å². The summed E-state index contributed by atoms with van der Waals surface area (Å²) in [5, 5.41) is 22.3. The number of nitrogens with one attached hydrogen (secondary N) is 1. The zero-order chi connectivity index (χ0) is 23.7. The first-order valence-corrected chi connectivity index (χ1v) is 12.2. The molecule has 0 aromatic carbocycles. The fourth-order valence-electron chi connectivity index (χ4n) is 2.83. The third kappa shape index (κ3) is 19.8. The van der Waals surface area contributed by atoms with Crippen molar-refractivity contribution < 1.29 is 15.0 Å². The molecule has 0 rings (SSSR count). The van der Waals surface area contributed by atoms with E-state index in [2.05, 4.69) is 67.8 Å². The molecule has 180 valence electrons. The predicted octanol–water partition coefficient (Wildman–Crippen LogP) is 6.10. The Morgan fingerprint density at radius 1 is 0.781 bits per heavy atom. The average Bonchev–Trinajstić information content (AvgIpc) is 2.79. The molecule has 2 unspecified atom stereocenters. The number of carbonyl (C=O) groups is 1. The van der Waals surface area contributed by atoms with Crippen molar-refractivity contribution in [2.45, 2.75) is 90.2 Å². The normalized spacial score (nSPS) is 14.8. The van der Waals surface area contributed by atoms with Gasteiger partial charge in [0.25, 0.3) is 0 Å². The monoisotopic (exact) mass is 443 g/mol. The van der Waals surface area contributed by atoms with Crippen molar-refractivity contribution >= 4 is 5.91 Å². The Morgan fingerprint density at radius 2 is 1.31 bits per heavy atom. The topological polar surface area (TPSA) is 69.6 Å². The molecule has 4 nitrogen and oxygen atoms in total. The number of carbonyl (C=O) groups excluding carboxylic acids is 1. The summed E-state index contributed by atoms with van der Waals surface area (Å²) < 4.78 is 0. The summed E-state index contributed by atoms with van der Waals surface area (Å²) in [7, 11) is 0. The summed E-state index contributed by atoms with van der Waals surface area (Å²) in [5.41, 5.74) is 0. The van der Waals surface area contributed by atoms with E-state index in [-0.39, 0.29) is 18.9 Å². The smallest absolute Gasteiger partial charge is 0.224 e. The Labute approximate surface area is 196 Å². The summed E-state index contributed by atoms with van der Waals surface area (Å²) in [5.74, 6) is -0.205. The first kappa shape index (κ1) is 29.8. The van der Waals surface area contributed by atoms with Crippen LogP contribution in [-0.4, -0.2) is 34.9 Å². The molecule has 0 fully saturated rings. The molecule has 4 heteroatoms. The second kappa shape index (κ2) is 23.5. The summed E-state index contributed by atoms with van der Waals surface area (Å²) in [4.78, 5) is 12.0. The second-order valence-electron chi connectivity index (χ2n) is 7.68. The Hall–Kier alpha value is -2.17. The molecule has 0 aliphatic heterocycles. The summed E-state index contributed by atoms with van der Waals surface area (Å²) in [6, 6.07) is -0.673. The van der Waals surface area contributed by atoms with Gasteiger partial charge in [0.15, 0.2) is 0 Å². The van der Waals surface area contributed by atoms with Gasteiger partial charge in [-0.2, -0.15) is 0 Å². The van der Waals surface area contributed by atoms with Gasteiger partial charge in [0.1, 0.15) is 0 Å². The minimum Gasteiger partial charge on any atom is -0.394 e. The molecular formula is C28H45NO3. The molecule has 0 aliphatic carbocycles. The lowest BCUT2D eigenvalue weighted by Gasteiger charge is -2.19. The maximum Gasteiger partial charge on any atom is 0.224 e. The minimum absolute atomic E-state index is 0.205. The van der Waals surface area contributed by atoms with Crippen molar-refractivity contribution in [2.24, 2.45) is 0 Å². The molecule has 0 aliphatic rings. The van der Waals surface area contributed by atoms with Gasteiger partial charge in [-0.3, -0.25) is 4.79 Å². The number of hydrogen-bond acceptors (Lipinski definition) is 3. The maximum absolute atomic E-state index is 12.0. The maximum atomic E-state index is 12.0. The highest BCUT2D eigenvalue weighted by Crippen LogP contribution is 2.03. The highest BCUT2D eigenvalue weighted by atomic mass is 16.3. The number of allylic oxidation sites excluding steroid dienone is 10. The van der Waals surface area contributed by atoms with Gasteiger partial charge in [0, 0.05) is 6.42 Å². The van der Waals surface area contributed by atoms with Crippen LogP contribution in [0.15, 0.2) is 72.9 Å². The van der Waals surface area contributed by atoms with Crippen molar-refractivity contribution in [3.8, 4) is 0 Å². The van der Waals surface area contributed by atoms with E-state index in [1.165, 1.54) is 0 Å². The van der Waals surface area contributed by atoms with Crippen LogP contribution >= 0.6 is 0 Å². The Bertz CT molecular complexity index is 614. The summed E-state index contributed by atoms with van der Waals surface area (Å²) in [6.45, 7) is 3.99. The highest BCUT2D eigenvalue weighted by molar-refractivity contribution is 5.77. The third-order valence-electron chi connectivity index (χ3n) is 4.72. The molecule has 0 saturated carbocycles. The van der Waals surface area contributed by atoms with Gasteiger partial charge in [-0.1, -0.05) is 99.6 Å². The van der Waals surface area contributed by atoms with E-state index < -0.39 is 12.1 Å². The van der Waals surface area contributed by atoms with Crippen molar-refractivity contribution in [3.05, 3.63) is 72.9 Å². The van der Waals surface area contributed by atoms with E-state index in [4.69, 9.17) is 0 Å². The average molecular weight is 444 g/mol. The van der Waals surface area contributed by atoms with E-state index >= 15 is 0 Å². The van der Waals surface area contributed by atoms with Crippen LogP contribution in [0.3, 0.4) is 0 Å². The van der Waals surface area contributed by atoms with Crippen LogP contribution in [0.2, 0.25) is 0 Å². The van der Waals surface area contributed by atoms with E-state index in [0.717, 1.165) is 57.8 Å². The lowest BCUT2D eigenvalue weighted by molar-refractivity contribution is -0.122. The summed E-state index contributed by atoms with van der Waals surface area (Å²) in [6.07, 6.45) is 33.0. The molecule has 3 N–H and O–H groups in total. The molecule has 1 amide bonds. The Balaban J connectivity index is 3.96. The van der Waals surface area contributed by atoms with E-state index in [9.17, 15) is 15.0 Å². The largest absolute Gasteiger partial charge is 0.394 e. The molecule has 0 aromatic rings. The van der Waals surface area contributed by atoms with Crippen LogP contribution in [0.25, 0.3) is 0 Å². The van der Waals surface area contributed by atoms with Gasteiger partial charge in [0.05, 0.1) is 18.8 Å². The number of unbranched alkanes of at least 4 members (excludes halogenated alkanes) is 3. The fraction of sp³-hybridized carbons (Fsp3) is 0.536. The predicted molar refractivity (Wildman–Crippen MR) is 137 cm³/mol. The zero-order valence-electron chi connectivity index (χ0n) is 20.2. The van der Waals surface area contributed by atoms with Gasteiger partial charge >= 0.3 is 0 Å². The number of amides is 1. The zero-order valence-corrected chi connectivity index (χ0v) is 20.2. The molecule has 0 saturated heterocycles. The minimum atomic E-state index is -0.876. The van der Waals surface area contributed by atoms with Gasteiger partial charge in [-0.25, -0.2) is 0 Å². The van der Waals surface area contributed by atoms with Crippen molar-refractivity contribution in [1.29, 1.82) is 0 Å². The molecule has 0 aromatic heterocycles. The van der Waals surface area contributed by atoms with Crippen LogP contribution in [0.5, 0.6) is 0 Å². The second-order valence-corrected chi connectivity index (χ2v) is 7.68. The fourth-order valence-corrected chi connectivity index (χ4v) is 2.83. The molecule has 32 heavy (non-hydrogen) atoms. The van der Waals surface area contributed by atoms with Gasteiger partial charge in [0.2, 0.25) is 5.91 Å². The van der Waals surface area contributed by atoms with Gasteiger partial charge < -0.3 is 15.5 Å². The van der Waals surface area contributed by atoms with Gasteiger partial charge in [-0.05, 0) is 44.9 Å². The Kier molecular flexibility index (Phi) is 21.9. The molecule has 0 heterocycles. The van der Waals surface area contributed by atoms with E-state index in [0.29, 0.717) is 0 Å². The standard InChI is InChI=1S/C28H45NO3/c1-3-5-7-9-10-11-12-13-14-15-16-17-18-20-22-24-28(32)29-26(25-30)27(31)23-21-19-8-6-4-2/h5,7,10-11,13-14,16-17,20-23,26-27,30-31H,3-4,6,8-9,12,15,18-19,24-25H2,1-2H3,(H,29,32)/b7-5-,11-10-,14-13-,17-16-,22-20-,23-21+. The van der Waals surface area contributed by atoms with Crippen LogP contribution in [0.4, 0.5) is 0 Å². The lowest BCUT2D eigenvalue weighted by Crippen LogP contribution is -2.44. The van der Waals surface area contributed by atoms with Crippen molar-refractivity contribution in [2.75, 3.05) is 6.61 Å². The van der Waals surface area contributed by atoms with Crippen LogP contribution in [0, 0.1) is 0 Å². The van der Waals surface area contributed by atoms with Crippen LogP contribution in [0.1, 0.15) is 78.1 Å². The van der Waals surface area contributed by atoms with E-state index in [1.807, 2.05) is 18.2 Å². The highest BCUT2D eigenvalue weighted by Gasteiger charge is 2.17. The lowest BCUT2D eigenvalue weighted by atomic mass is 10.1. The van der Waals surface area contributed by atoms with E-state index in [1.54, 1.807) is 6.08 Å². The number of hydrogen-bond donors (Lipinski definition) is 3. The van der Waals surface area contributed by atoms with Crippen molar-refractivity contribution in [3.63, 3.8) is 0 Å². The first-order chi connectivity index (χ1) is 15.7. The first-order valence-electron chi connectivity index (χ1n) is 12.2.